The molecule has 3 aromatic carbocycles. The Morgan fingerprint density at radius 1 is 0.825 bits per heavy atom. The molecule has 1 heterocycles. The van der Waals surface area contributed by atoms with E-state index in [1.165, 1.54) is 7.11 Å². The first-order valence-electron chi connectivity index (χ1n) is 13.3. The van der Waals surface area contributed by atoms with Crippen LogP contribution in [0, 0.1) is 0 Å². The van der Waals surface area contributed by atoms with Crippen molar-refractivity contribution in [2.24, 2.45) is 0 Å². The molecule has 0 aliphatic carbocycles. The van der Waals surface area contributed by atoms with Gasteiger partial charge in [-0.2, -0.15) is 0 Å². The number of carbonyl (C=O) groups is 1. The molecular weight excluding hydrogens is 522 g/mol. The SMILES string of the molecule is COC(=O)C1=C(O[Si](C)(C)C(C)(C)C)[C@@H](c2ccccc2)ON(c2ccccc2)[C@H]1c1ccc(OC)c(OC)c1. The fraction of sp³-hybridized carbons (Fsp3) is 0.344. The van der Waals surface area contributed by atoms with Crippen LogP contribution < -0.4 is 14.5 Å². The summed E-state index contributed by atoms with van der Waals surface area (Å²) in [5.41, 5.74) is 2.77. The summed E-state index contributed by atoms with van der Waals surface area (Å²) >= 11 is 0. The van der Waals surface area contributed by atoms with Crippen LogP contribution in [0.3, 0.4) is 0 Å². The van der Waals surface area contributed by atoms with E-state index in [9.17, 15) is 4.79 Å². The van der Waals surface area contributed by atoms with Crippen molar-refractivity contribution in [3.8, 4) is 11.5 Å². The number of nitrogens with zero attached hydrogens (tertiary/aromatic N) is 1. The number of hydrogen-bond acceptors (Lipinski definition) is 7. The number of para-hydroxylation sites is 1. The number of hydroxylamine groups is 1. The van der Waals surface area contributed by atoms with Crippen molar-refractivity contribution >= 4 is 20.0 Å². The average Bonchev–Trinajstić information content (AvgIpc) is 2.96. The van der Waals surface area contributed by atoms with Gasteiger partial charge in [0.25, 0.3) is 0 Å². The standard InChI is InChI=1S/C32H39NO6Si/c1-32(2,3)40(7,8)39-30-27(31(34)37-6)28(23-19-20-25(35-4)26(21-23)36-5)33(24-17-13-10-14-18-24)38-29(30)22-15-11-9-12-16-22/h9-21,28-29H,1-8H3/t28-,29+/m0/s1. The molecule has 4 rings (SSSR count). The largest absolute Gasteiger partial charge is 0.544 e. The molecule has 40 heavy (non-hydrogen) atoms. The first kappa shape index (κ1) is 29.2. The Balaban J connectivity index is 2.06. The summed E-state index contributed by atoms with van der Waals surface area (Å²) in [7, 11) is 2.13. The van der Waals surface area contributed by atoms with Crippen molar-refractivity contribution in [1.82, 2.24) is 0 Å². The molecule has 0 unspecified atom stereocenters. The lowest BCUT2D eigenvalue weighted by Crippen LogP contribution is -2.46. The summed E-state index contributed by atoms with van der Waals surface area (Å²) in [5, 5.41) is 1.64. The van der Waals surface area contributed by atoms with Gasteiger partial charge in [0.15, 0.2) is 17.6 Å². The lowest BCUT2D eigenvalue weighted by molar-refractivity contribution is -0.138. The first-order valence-corrected chi connectivity index (χ1v) is 16.2. The number of benzene rings is 3. The maximum absolute atomic E-state index is 13.8. The molecule has 0 spiro atoms. The smallest absolute Gasteiger partial charge is 0.339 e. The molecule has 212 valence electrons. The molecule has 1 aliphatic heterocycles. The Kier molecular flexibility index (Phi) is 8.61. The monoisotopic (exact) mass is 561 g/mol. The van der Waals surface area contributed by atoms with Crippen LogP contribution in [0.2, 0.25) is 18.1 Å². The molecule has 2 atom stereocenters. The van der Waals surface area contributed by atoms with Gasteiger partial charge in [-0.15, -0.1) is 0 Å². The summed E-state index contributed by atoms with van der Waals surface area (Å²) in [5.74, 6) is 1.10. The van der Waals surface area contributed by atoms with Crippen LogP contribution in [0.5, 0.6) is 11.5 Å². The molecule has 3 aromatic rings. The van der Waals surface area contributed by atoms with Gasteiger partial charge in [0.05, 0.1) is 27.0 Å². The minimum atomic E-state index is -2.44. The van der Waals surface area contributed by atoms with Gasteiger partial charge in [-0.1, -0.05) is 75.4 Å². The molecule has 8 heteroatoms. The number of carbonyl (C=O) groups excluding carboxylic acids is 1. The zero-order valence-electron chi connectivity index (χ0n) is 24.6. The van der Waals surface area contributed by atoms with Gasteiger partial charge in [0.1, 0.15) is 17.4 Å². The number of ether oxygens (including phenoxy) is 3. The molecule has 0 aromatic heterocycles. The topological polar surface area (TPSA) is 66.5 Å². The molecule has 0 N–H and O–H groups in total. The van der Waals surface area contributed by atoms with Gasteiger partial charge in [0.2, 0.25) is 8.32 Å². The zero-order chi connectivity index (χ0) is 29.1. The highest BCUT2D eigenvalue weighted by Gasteiger charge is 2.48. The summed E-state index contributed by atoms with van der Waals surface area (Å²) in [6, 6.07) is 24.4. The third-order valence-corrected chi connectivity index (χ3v) is 12.0. The van der Waals surface area contributed by atoms with E-state index in [0.717, 1.165) is 16.8 Å². The van der Waals surface area contributed by atoms with E-state index >= 15 is 0 Å². The number of anilines is 1. The summed E-state index contributed by atoms with van der Waals surface area (Å²) < 4.78 is 23.6. The van der Waals surface area contributed by atoms with Gasteiger partial charge < -0.3 is 18.6 Å². The van der Waals surface area contributed by atoms with E-state index in [-0.39, 0.29) is 5.04 Å². The minimum Gasteiger partial charge on any atom is -0.544 e. The molecule has 0 saturated heterocycles. The van der Waals surface area contributed by atoms with E-state index in [2.05, 4.69) is 33.9 Å². The molecule has 0 saturated carbocycles. The number of methoxy groups -OCH3 is 3. The van der Waals surface area contributed by atoms with Crippen LogP contribution in [0.15, 0.2) is 90.2 Å². The van der Waals surface area contributed by atoms with Crippen molar-refractivity contribution in [2.75, 3.05) is 26.4 Å². The molecule has 0 bridgehead atoms. The molecule has 7 nitrogen and oxygen atoms in total. The Bertz CT molecular complexity index is 1350. The zero-order valence-corrected chi connectivity index (χ0v) is 25.6. The summed E-state index contributed by atoms with van der Waals surface area (Å²) in [6.07, 6.45) is -0.680. The average molecular weight is 562 g/mol. The number of hydrogen-bond donors (Lipinski definition) is 0. The van der Waals surface area contributed by atoms with Crippen molar-refractivity contribution in [3.05, 3.63) is 101 Å². The highest BCUT2D eigenvalue weighted by Crippen LogP contribution is 2.50. The number of rotatable bonds is 8. The minimum absolute atomic E-state index is 0.127. The van der Waals surface area contributed by atoms with E-state index in [1.54, 1.807) is 19.3 Å². The second kappa shape index (κ2) is 11.8. The van der Waals surface area contributed by atoms with Gasteiger partial charge in [-0.05, 0) is 53.5 Å². The Morgan fingerprint density at radius 3 is 1.98 bits per heavy atom. The van der Waals surface area contributed by atoms with Crippen LogP contribution in [0.25, 0.3) is 0 Å². The predicted molar refractivity (Wildman–Crippen MR) is 159 cm³/mol. The van der Waals surface area contributed by atoms with Crippen LogP contribution in [0.4, 0.5) is 5.69 Å². The fourth-order valence-electron chi connectivity index (χ4n) is 4.42. The van der Waals surface area contributed by atoms with Crippen molar-refractivity contribution < 1.29 is 28.3 Å². The van der Waals surface area contributed by atoms with E-state index in [0.29, 0.717) is 22.8 Å². The highest BCUT2D eigenvalue weighted by molar-refractivity contribution is 6.74. The third-order valence-electron chi connectivity index (χ3n) is 7.64. The molecular formula is C32H39NO6Si. The van der Waals surface area contributed by atoms with Gasteiger partial charge in [-0.25, -0.2) is 9.86 Å². The molecule has 0 radical (unpaired) electrons. The quantitative estimate of drug-likeness (QED) is 0.210. The third kappa shape index (κ3) is 5.73. The van der Waals surface area contributed by atoms with Gasteiger partial charge in [0, 0.05) is 0 Å². The van der Waals surface area contributed by atoms with Crippen molar-refractivity contribution in [3.63, 3.8) is 0 Å². The van der Waals surface area contributed by atoms with E-state index in [4.69, 9.17) is 23.5 Å². The Morgan fingerprint density at radius 2 is 1.43 bits per heavy atom. The Labute approximate surface area is 238 Å². The van der Waals surface area contributed by atoms with Crippen molar-refractivity contribution in [1.29, 1.82) is 0 Å². The van der Waals surface area contributed by atoms with Crippen molar-refractivity contribution in [2.45, 2.75) is 51.0 Å². The normalized spacial score (nSPS) is 17.9. The first-order chi connectivity index (χ1) is 19.0. The maximum Gasteiger partial charge on any atom is 0.339 e. The second-order valence-corrected chi connectivity index (χ2v) is 15.9. The van der Waals surface area contributed by atoms with Gasteiger partial charge in [-0.3, -0.25) is 4.84 Å². The molecule has 1 aliphatic rings. The van der Waals surface area contributed by atoms with Gasteiger partial charge >= 0.3 is 5.97 Å². The number of esters is 1. The van der Waals surface area contributed by atoms with Crippen LogP contribution in [-0.2, 0) is 18.8 Å². The summed E-state index contributed by atoms with van der Waals surface area (Å²) in [6.45, 7) is 10.8. The van der Waals surface area contributed by atoms with E-state index < -0.39 is 26.4 Å². The summed E-state index contributed by atoms with van der Waals surface area (Å²) in [4.78, 5) is 20.7. The second-order valence-electron chi connectivity index (χ2n) is 11.2. The molecule has 0 fully saturated rings. The van der Waals surface area contributed by atoms with Crippen LogP contribution in [0.1, 0.15) is 44.0 Å². The molecule has 0 amide bonds. The fourth-order valence-corrected chi connectivity index (χ4v) is 5.50. The van der Waals surface area contributed by atoms with Crippen LogP contribution in [-0.4, -0.2) is 35.6 Å². The lowest BCUT2D eigenvalue weighted by Gasteiger charge is -2.45. The lowest BCUT2D eigenvalue weighted by atomic mass is 9.91. The Hall–Kier alpha value is -3.75. The van der Waals surface area contributed by atoms with Crippen LogP contribution >= 0.6 is 0 Å². The maximum atomic E-state index is 13.8. The van der Waals surface area contributed by atoms with E-state index in [1.807, 2.05) is 78.9 Å². The predicted octanol–water partition coefficient (Wildman–Crippen LogP) is 7.39. The highest BCUT2D eigenvalue weighted by atomic mass is 28.4.